The van der Waals surface area contributed by atoms with Crippen molar-refractivity contribution in [1.29, 1.82) is 0 Å². The van der Waals surface area contributed by atoms with E-state index in [2.05, 4.69) is 35.6 Å². The van der Waals surface area contributed by atoms with E-state index in [-0.39, 0.29) is 6.61 Å². The summed E-state index contributed by atoms with van der Waals surface area (Å²) in [5, 5.41) is 8.95. The highest BCUT2D eigenvalue weighted by molar-refractivity contribution is 5.36. The lowest BCUT2D eigenvalue weighted by molar-refractivity contribution is 0.198. The summed E-state index contributed by atoms with van der Waals surface area (Å²) < 4.78 is 0. The molecule has 4 nitrogen and oxygen atoms in total. The number of aliphatic hydroxyl groups is 1. The van der Waals surface area contributed by atoms with E-state index >= 15 is 0 Å². The molecule has 0 amide bonds. The lowest BCUT2D eigenvalue weighted by Crippen LogP contribution is -2.38. The van der Waals surface area contributed by atoms with E-state index < -0.39 is 0 Å². The van der Waals surface area contributed by atoms with Crippen molar-refractivity contribution in [2.24, 2.45) is 11.3 Å². The molecule has 0 unspecified atom stereocenters. The van der Waals surface area contributed by atoms with Crippen LogP contribution in [0.5, 0.6) is 0 Å². The van der Waals surface area contributed by atoms with Gasteiger partial charge in [0.15, 0.2) is 0 Å². The zero-order valence-corrected chi connectivity index (χ0v) is 11.6. The van der Waals surface area contributed by atoms with Crippen LogP contribution in [0.15, 0.2) is 12.4 Å². The van der Waals surface area contributed by atoms with Gasteiger partial charge in [0.05, 0.1) is 24.7 Å². The highest BCUT2D eigenvalue weighted by Crippen LogP contribution is 2.34. The maximum atomic E-state index is 8.95. The third-order valence-corrected chi connectivity index (χ3v) is 3.90. The molecule has 1 fully saturated rings. The molecule has 0 aliphatic carbocycles. The SMILES string of the molecule is CC(C)(C)C1CCN(c2cnc(CO)cn2)CC1. The van der Waals surface area contributed by atoms with Crippen molar-refractivity contribution in [2.45, 2.75) is 40.2 Å². The molecule has 0 aromatic carbocycles. The molecule has 0 bridgehead atoms. The minimum Gasteiger partial charge on any atom is -0.390 e. The molecular weight excluding hydrogens is 226 g/mol. The van der Waals surface area contributed by atoms with E-state index in [1.165, 1.54) is 12.8 Å². The van der Waals surface area contributed by atoms with E-state index in [1.54, 1.807) is 12.4 Å². The van der Waals surface area contributed by atoms with Crippen LogP contribution in [0.2, 0.25) is 0 Å². The molecule has 0 saturated carbocycles. The fourth-order valence-electron chi connectivity index (χ4n) is 2.57. The normalized spacial score (nSPS) is 18.1. The van der Waals surface area contributed by atoms with Gasteiger partial charge in [-0.25, -0.2) is 4.98 Å². The van der Waals surface area contributed by atoms with Gasteiger partial charge in [-0.2, -0.15) is 0 Å². The van der Waals surface area contributed by atoms with Gasteiger partial charge in [-0.1, -0.05) is 20.8 Å². The van der Waals surface area contributed by atoms with Gasteiger partial charge in [-0.15, -0.1) is 0 Å². The first-order chi connectivity index (χ1) is 8.50. The standard InChI is InChI=1S/C14H23N3O/c1-14(2,3)11-4-6-17(7-5-11)13-9-15-12(10-18)8-16-13/h8-9,11,18H,4-7,10H2,1-3H3. The van der Waals surface area contributed by atoms with Crippen LogP contribution < -0.4 is 4.90 Å². The summed E-state index contributed by atoms with van der Waals surface area (Å²) in [7, 11) is 0. The molecule has 1 saturated heterocycles. The smallest absolute Gasteiger partial charge is 0.147 e. The van der Waals surface area contributed by atoms with E-state index in [9.17, 15) is 0 Å². The van der Waals surface area contributed by atoms with Gasteiger partial charge in [0.2, 0.25) is 0 Å². The molecular formula is C14H23N3O. The summed E-state index contributed by atoms with van der Waals surface area (Å²) in [6.07, 6.45) is 5.86. The minimum absolute atomic E-state index is 0.0423. The van der Waals surface area contributed by atoms with Crippen LogP contribution in [0, 0.1) is 11.3 Å². The monoisotopic (exact) mass is 249 g/mol. The molecule has 100 valence electrons. The van der Waals surface area contributed by atoms with Crippen LogP contribution in [0.4, 0.5) is 5.82 Å². The predicted molar refractivity (Wildman–Crippen MR) is 72.3 cm³/mol. The first-order valence-corrected chi connectivity index (χ1v) is 6.67. The second-order valence-corrected chi connectivity index (χ2v) is 6.15. The molecule has 1 aromatic heterocycles. The summed E-state index contributed by atoms with van der Waals surface area (Å²) in [5.41, 5.74) is 1.03. The molecule has 2 heterocycles. The lowest BCUT2D eigenvalue weighted by atomic mass is 9.75. The van der Waals surface area contributed by atoms with Crippen LogP contribution in [0.25, 0.3) is 0 Å². The highest BCUT2D eigenvalue weighted by atomic mass is 16.3. The zero-order valence-electron chi connectivity index (χ0n) is 11.6. The quantitative estimate of drug-likeness (QED) is 0.873. The van der Waals surface area contributed by atoms with Gasteiger partial charge in [0.1, 0.15) is 5.82 Å². The number of nitrogens with zero attached hydrogens (tertiary/aromatic N) is 3. The van der Waals surface area contributed by atoms with Crippen molar-refractivity contribution >= 4 is 5.82 Å². The Balaban J connectivity index is 1.96. The Hall–Kier alpha value is -1.16. The van der Waals surface area contributed by atoms with Gasteiger partial charge in [-0.05, 0) is 24.2 Å². The fourth-order valence-corrected chi connectivity index (χ4v) is 2.57. The maximum absolute atomic E-state index is 8.95. The Morgan fingerprint density at radius 3 is 2.33 bits per heavy atom. The number of anilines is 1. The Kier molecular flexibility index (Phi) is 3.85. The lowest BCUT2D eigenvalue weighted by Gasteiger charge is -2.39. The number of hydrogen-bond donors (Lipinski definition) is 1. The number of aromatic nitrogens is 2. The summed E-state index contributed by atoms with van der Waals surface area (Å²) >= 11 is 0. The van der Waals surface area contributed by atoms with E-state index in [1.807, 2.05) is 0 Å². The topological polar surface area (TPSA) is 49.2 Å². The van der Waals surface area contributed by atoms with E-state index in [0.29, 0.717) is 11.1 Å². The van der Waals surface area contributed by atoms with Crippen molar-refractivity contribution in [3.8, 4) is 0 Å². The van der Waals surface area contributed by atoms with E-state index in [4.69, 9.17) is 5.11 Å². The van der Waals surface area contributed by atoms with Crippen molar-refractivity contribution in [1.82, 2.24) is 9.97 Å². The Morgan fingerprint density at radius 2 is 1.89 bits per heavy atom. The van der Waals surface area contributed by atoms with Crippen molar-refractivity contribution < 1.29 is 5.11 Å². The van der Waals surface area contributed by atoms with Crippen LogP contribution >= 0.6 is 0 Å². The van der Waals surface area contributed by atoms with Crippen LogP contribution in [-0.2, 0) is 6.61 Å². The first-order valence-electron chi connectivity index (χ1n) is 6.67. The predicted octanol–water partition coefficient (Wildman–Crippen LogP) is 2.23. The highest BCUT2D eigenvalue weighted by Gasteiger charge is 2.29. The molecule has 1 aliphatic rings. The third kappa shape index (κ3) is 2.99. The van der Waals surface area contributed by atoms with Crippen molar-refractivity contribution in [2.75, 3.05) is 18.0 Å². The second kappa shape index (κ2) is 5.22. The molecule has 0 radical (unpaired) electrons. The van der Waals surface area contributed by atoms with Crippen LogP contribution in [0.3, 0.4) is 0 Å². The molecule has 1 aliphatic heterocycles. The average molecular weight is 249 g/mol. The average Bonchev–Trinajstić information content (AvgIpc) is 2.38. The Morgan fingerprint density at radius 1 is 1.22 bits per heavy atom. The summed E-state index contributed by atoms with van der Waals surface area (Å²) in [5.74, 6) is 1.72. The van der Waals surface area contributed by atoms with Crippen molar-refractivity contribution in [3.63, 3.8) is 0 Å². The molecule has 4 heteroatoms. The van der Waals surface area contributed by atoms with Gasteiger partial charge >= 0.3 is 0 Å². The second-order valence-electron chi connectivity index (χ2n) is 6.15. The molecule has 2 rings (SSSR count). The molecule has 1 aromatic rings. The number of hydrogen-bond acceptors (Lipinski definition) is 4. The summed E-state index contributed by atoms with van der Waals surface area (Å²) in [6, 6.07) is 0. The maximum Gasteiger partial charge on any atom is 0.147 e. The summed E-state index contributed by atoms with van der Waals surface area (Å²) in [4.78, 5) is 10.8. The molecule has 18 heavy (non-hydrogen) atoms. The molecule has 1 N–H and O–H groups in total. The Bertz CT molecular complexity index is 375. The van der Waals surface area contributed by atoms with Crippen LogP contribution in [0.1, 0.15) is 39.3 Å². The summed E-state index contributed by atoms with van der Waals surface area (Å²) in [6.45, 7) is 9.03. The van der Waals surface area contributed by atoms with Gasteiger partial charge in [0.25, 0.3) is 0 Å². The zero-order chi connectivity index (χ0) is 13.2. The first kappa shape index (κ1) is 13.3. The van der Waals surface area contributed by atoms with Gasteiger partial charge in [-0.3, -0.25) is 4.98 Å². The number of aliphatic hydroxyl groups excluding tert-OH is 1. The van der Waals surface area contributed by atoms with Gasteiger partial charge in [0, 0.05) is 13.1 Å². The molecule has 0 spiro atoms. The number of piperidine rings is 1. The minimum atomic E-state index is -0.0423. The Labute approximate surface area is 109 Å². The fraction of sp³-hybridized carbons (Fsp3) is 0.714. The largest absolute Gasteiger partial charge is 0.390 e. The van der Waals surface area contributed by atoms with Crippen LogP contribution in [-0.4, -0.2) is 28.2 Å². The van der Waals surface area contributed by atoms with Crippen molar-refractivity contribution in [3.05, 3.63) is 18.1 Å². The van der Waals surface area contributed by atoms with E-state index in [0.717, 1.165) is 24.8 Å². The number of rotatable bonds is 2. The molecule has 0 atom stereocenters. The van der Waals surface area contributed by atoms with Gasteiger partial charge < -0.3 is 10.0 Å². The third-order valence-electron chi connectivity index (χ3n) is 3.90.